The highest BCUT2D eigenvalue weighted by molar-refractivity contribution is 6.11. The number of allylic oxidation sites excluding steroid dienone is 2. The van der Waals surface area contributed by atoms with Crippen LogP contribution in [0.25, 0.3) is 0 Å². The molecule has 0 radical (unpaired) electrons. The van der Waals surface area contributed by atoms with E-state index in [1.54, 1.807) is 13.8 Å². The number of rotatable bonds is 2. The van der Waals surface area contributed by atoms with Gasteiger partial charge in [0.05, 0.1) is 0 Å². The van der Waals surface area contributed by atoms with Gasteiger partial charge in [0.2, 0.25) is 0 Å². The topological polar surface area (TPSA) is 57.5 Å². The van der Waals surface area contributed by atoms with E-state index in [9.17, 15) is 9.90 Å². The lowest BCUT2D eigenvalue weighted by atomic mass is 9.75. The van der Waals surface area contributed by atoms with Crippen LogP contribution in [0.4, 0.5) is 0 Å². The minimum Gasteiger partial charge on any atom is -0.396 e. The number of hydrogen-bond acceptors (Lipinski definition) is 3. The van der Waals surface area contributed by atoms with Crippen molar-refractivity contribution < 1.29 is 15.0 Å². The first-order chi connectivity index (χ1) is 8.20. The summed E-state index contributed by atoms with van der Waals surface area (Å²) >= 11 is 0. The van der Waals surface area contributed by atoms with Crippen molar-refractivity contribution in [1.82, 2.24) is 0 Å². The second kappa shape index (κ2) is 4.04. The van der Waals surface area contributed by atoms with Crippen molar-refractivity contribution in [2.24, 2.45) is 5.41 Å². The molecule has 0 fully saturated rings. The second-order valence-corrected chi connectivity index (χ2v) is 6.45. The van der Waals surface area contributed by atoms with Gasteiger partial charge in [-0.1, -0.05) is 13.8 Å². The number of hydrogen-bond donors (Lipinski definition) is 2. The van der Waals surface area contributed by atoms with Crippen molar-refractivity contribution in [3.63, 3.8) is 0 Å². The van der Waals surface area contributed by atoms with Crippen LogP contribution in [0.5, 0.6) is 0 Å². The Kier molecular flexibility index (Phi) is 3.03. The molecule has 0 aromatic rings. The van der Waals surface area contributed by atoms with E-state index in [4.69, 9.17) is 5.11 Å². The predicted octanol–water partition coefficient (Wildman–Crippen LogP) is 2.14. The number of ketones is 1. The number of aliphatic hydroxyl groups excluding tert-OH is 1. The lowest BCUT2D eigenvalue weighted by Crippen LogP contribution is -2.36. The van der Waals surface area contributed by atoms with Crippen molar-refractivity contribution in [2.75, 3.05) is 6.61 Å². The average Bonchev–Trinajstić information content (AvgIpc) is 2.59. The molecule has 2 rings (SSSR count). The Morgan fingerprint density at radius 2 is 1.83 bits per heavy atom. The number of Topliss-reactive ketones (excluding diaryl/α,β-unsaturated/α-hetero) is 1. The zero-order valence-corrected chi connectivity index (χ0v) is 11.6. The standard InChI is InChI=1S/C15H22O3/c1-9-11(5-6-16)15(4,18)12-8-14(2,3)7-10(12)13(9)17/h16,18H,5-8H2,1-4H3/t15-/m1/s1. The van der Waals surface area contributed by atoms with Gasteiger partial charge in [-0.15, -0.1) is 0 Å². The maximum Gasteiger partial charge on any atom is 0.184 e. The maximum atomic E-state index is 12.4. The minimum absolute atomic E-state index is 0.0396. The van der Waals surface area contributed by atoms with Crippen molar-refractivity contribution in [2.45, 2.75) is 52.6 Å². The number of carbonyl (C=O) groups is 1. The third kappa shape index (κ3) is 1.86. The number of aliphatic hydroxyl groups is 2. The smallest absolute Gasteiger partial charge is 0.184 e. The molecule has 0 aliphatic heterocycles. The van der Waals surface area contributed by atoms with Gasteiger partial charge in [-0.25, -0.2) is 0 Å². The Hall–Kier alpha value is -0.930. The zero-order chi connectivity index (χ0) is 13.7. The molecule has 1 atom stereocenters. The summed E-state index contributed by atoms with van der Waals surface area (Å²) in [5, 5.41) is 19.9. The molecule has 18 heavy (non-hydrogen) atoms. The first-order valence-electron chi connectivity index (χ1n) is 6.51. The summed E-state index contributed by atoms with van der Waals surface area (Å²) in [7, 11) is 0. The van der Waals surface area contributed by atoms with Gasteiger partial charge in [0.25, 0.3) is 0 Å². The second-order valence-electron chi connectivity index (χ2n) is 6.45. The first kappa shape index (κ1) is 13.5. The Labute approximate surface area is 108 Å². The fourth-order valence-corrected chi connectivity index (χ4v) is 3.37. The van der Waals surface area contributed by atoms with Crippen LogP contribution in [0.1, 0.15) is 47.0 Å². The summed E-state index contributed by atoms with van der Waals surface area (Å²) in [4.78, 5) is 12.4. The van der Waals surface area contributed by atoms with Crippen molar-refractivity contribution in [1.29, 1.82) is 0 Å². The van der Waals surface area contributed by atoms with Gasteiger partial charge in [-0.3, -0.25) is 4.79 Å². The quantitative estimate of drug-likeness (QED) is 0.789. The molecule has 0 saturated carbocycles. The van der Waals surface area contributed by atoms with Crippen LogP contribution in [0.3, 0.4) is 0 Å². The van der Waals surface area contributed by atoms with E-state index in [1.165, 1.54) is 0 Å². The van der Waals surface area contributed by atoms with Gasteiger partial charge in [0.15, 0.2) is 5.78 Å². The van der Waals surface area contributed by atoms with E-state index >= 15 is 0 Å². The Morgan fingerprint density at radius 3 is 2.39 bits per heavy atom. The fourth-order valence-electron chi connectivity index (χ4n) is 3.37. The molecule has 0 aromatic carbocycles. The molecule has 0 saturated heterocycles. The molecule has 3 nitrogen and oxygen atoms in total. The molecule has 2 N–H and O–H groups in total. The predicted molar refractivity (Wildman–Crippen MR) is 70.1 cm³/mol. The van der Waals surface area contributed by atoms with E-state index in [2.05, 4.69) is 13.8 Å². The molecule has 0 spiro atoms. The van der Waals surface area contributed by atoms with Crippen molar-refractivity contribution in [3.05, 3.63) is 22.3 Å². The van der Waals surface area contributed by atoms with Crippen molar-refractivity contribution >= 4 is 5.78 Å². The molecule has 0 unspecified atom stereocenters. The highest BCUT2D eigenvalue weighted by atomic mass is 16.3. The molecule has 0 amide bonds. The van der Waals surface area contributed by atoms with Crippen molar-refractivity contribution in [3.8, 4) is 0 Å². The number of carbonyl (C=O) groups excluding carboxylic acids is 1. The van der Waals surface area contributed by atoms with Crippen LogP contribution in [0, 0.1) is 5.41 Å². The van der Waals surface area contributed by atoms with Gasteiger partial charge in [0, 0.05) is 12.2 Å². The van der Waals surface area contributed by atoms with Crippen LogP contribution in [0.15, 0.2) is 22.3 Å². The maximum absolute atomic E-state index is 12.4. The normalized spacial score (nSPS) is 31.1. The summed E-state index contributed by atoms with van der Waals surface area (Å²) in [5.41, 5.74) is 1.94. The van der Waals surface area contributed by atoms with Gasteiger partial charge in [0.1, 0.15) is 5.60 Å². The Balaban J connectivity index is 2.50. The summed E-state index contributed by atoms with van der Waals surface area (Å²) in [5.74, 6) is 0.0607. The van der Waals surface area contributed by atoms with Crippen LogP contribution >= 0.6 is 0 Å². The van der Waals surface area contributed by atoms with Crippen LogP contribution in [-0.2, 0) is 4.79 Å². The average molecular weight is 250 g/mol. The summed E-state index contributed by atoms with van der Waals surface area (Å²) in [6, 6.07) is 0. The summed E-state index contributed by atoms with van der Waals surface area (Å²) in [6.07, 6.45) is 1.85. The van der Waals surface area contributed by atoms with Gasteiger partial charge < -0.3 is 10.2 Å². The van der Waals surface area contributed by atoms with E-state index in [0.29, 0.717) is 17.6 Å². The minimum atomic E-state index is -1.07. The van der Waals surface area contributed by atoms with Gasteiger partial charge in [-0.2, -0.15) is 0 Å². The van der Waals surface area contributed by atoms with Gasteiger partial charge in [-0.05, 0) is 55.2 Å². The molecule has 0 heterocycles. The summed E-state index contributed by atoms with van der Waals surface area (Å²) in [6.45, 7) is 7.72. The van der Waals surface area contributed by atoms with E-state index in [0.717, 1.165) is 24.0 Å². The SMILES string of the molecule is CC1=C(CCO)[C@@](C)(O)C2=C(CC(C)(C)C2)C1=O. The van der Waals surface area contributed by atoms with Gasteiger partial charge >= 0.3 is 0 Å². The molecule has 2 aliphatic carbocycles. The first-order valence-corrected chi connectivity index (χ1v) is 6.51. The highest BCUT2D eigenvalue weighted by Gasteiger charge is 2.46. The molecular weight excluding hydrogens is 228 g/mol. The highest BCUT2D eigenvalue weighted by Crippen LogP contribution is 2.51. The van der Waals surface area contributed by atoms with Crippen LogP contribution in [0.2, 0.25) is 0 Å². The fraction of sp³-hybridized carbons (Fsp3) is 0.667. The molecule has 100 valence electrons. The summed E-state index contributed by atoms with van der Waals surface area (Å²) < 4.78 is 0. The third-order valence-corrected chi connectivity index (χ3v) is 4.28. The molecular formula is C15H22O3. The van der Waals surface area contributed by atoms with Crippen LogP contribution < -0.4 is 0 Å². The molecule has 3 heteroatoms. The largest absolute Gasteiger partial charge is 0.396 e. The molecule has 0 aromatic heterocycles. The Bertz CT molecular complexity index is 464. The zero-order valence-electron chi connectivity index (χ0n) is 11.6. The molecule has 0 bridgehead atoms. The third-order valence-electron chi connectivity index (χ3n) is 4.28. The Morgan fingerprint density at radius 1 is 1.22 bits per heavy atom. The monoisotopic (exact) mass is 250 g/mol. The lowest BCUT2D eigenvalue weighted by Gasteiger charge is -2.34. The van der Waals surface area contributed by atoms with Crippen LogP contribution in [-0.4, -0.2) is 28.2 Å². The van der Waals surface area contributed by atoms with E-state index in [-0.39, 0.29) is 17.8 Å². The van der Waals surface area contributed by atoms with E-state index in [1.807, 2.05) is 0 Å². The molecule has 2 aliphatic rings. The van der Waals surface area contributed by atoms with E-state index < -0.39 is 5.60 Å². The lowest BCUT2D eigenvalue weighted by molar-refractivity contribution is -0.113.